The monoisotopic (exact) mass is 502 g/mol. The minimum absolute atomic E-state index is 0.00518. The average molecular weight is 503 g/mol. The molecule has 0 unspecified atom stereocenters. The molecular weight excluding hydrogens is 476 g/mol. The van der Waals surface area contributed by atoms with Gasteiger partial charge in [-0.05, 0) is 61.8 Å². The molecule has 1 fully saturated rings. The second-order valence-corrected chi connectivity index (χ2v) is 9.29. The number of halogens is 1. The molecule has 5 rings (SSSR count). The molecular formula is C28H27ClN4O3. The Kier molecular flexibility index (Phi) is 7.30. The normalized spacial score (nSPS) is 14.5. The van der Waals surface area contributed by atoms with Crippen LogP contribution in [-0.2, 0) is 13.3 Å². The molecule has 7 nitrogen and oxygen atoms in total. The van der Waals surface area contributed by atoms with Crippen LogP contribution >= 0.6 is 11.6 Å². The number of ether oxygens (including phenoxy) is 1. The van der Waals surface area contributed by atoms with E-state index >= 15 is 0 Å². The van der Waals surface area contributed by atoms with Gasteiger partial charge in [-0.15, -0.1) is 10.2 Å². The first-order valence-corrected chi connectivity index (χ1v) is 12.4. The Hall–Kier alpha value is -3.68. The van der Waals surface area contributed by atoms with Crippen molar-refractivity contribution >= 4 is 34.1 Å². The highest BCUT2D eigenvalue weighted by molar-refractivity contribution is 6.30. The molecule has 0 bridgehead atoms. The lowest BCUT2D eigenvalue weighted by atomic mass is 10.1. The molecule has 0 saturated carbocycles. The van der Waals surface area contributed by atoms with Crippen LogP contribution in [0.2, 0.25) is 5.02 Å². The molecule has 1 amide bonds. The molecule has 0 radical (unpaired) electrons. The minimum Gasteiger partial charge on any atom is -0.493 e. The lowest BCUT2D eigenvalue weighted by Gasteiger charge is -2.27. The number of piperidine rings is 1. The standard InChI is InChI=1S/C28H27ClN4O3/c29-21-14-12-20(13-15-21)18-36-25-11-5-3-9-23(25)27(34)31-30-26-22-8-2-4-10-24(22)33(28(26)35)19-32-16-6-1-7-17-32/h2-5,8-15,35H,1,6-7,16-19H2. The Balaban J connectivity index is 1.38. The molecule has 4 aromatic rings. The Labute approximate surface area is 214 Å². The van der Waals surface area contributed by atoms with E-state index in [1.54, 1.807) is 36.4 Å². The van der Waals surface area contributed by atoms with Crippen molar-refractivity contribution in [3.8, 4) is 11.6 Å². The van der Waals surface area contributed by atoms with E-state index in [9.17, 15) is 9.90 Å². The summed E-state index contributed by atoms with van der Waals surface area (Å²) in [4.78, 5) is 15.3. The van der Waals surface area contributed by atoms with E-state index in [4.69, 9.17) is 16.3 Å². The third-order valence-electron chi connectivity index (χ3n) is 6.37. The number of carbonyl (C=O) groups excluding carboxylic acids is 1. The van der Waals surface area contributed by atoms with E-state index in [1.165, 1.54) is 6.42 Å². The Morgan fingerprint density at radius 1 is 0.944 bits per heavy atom. The Bertz CT molecular complexity index is 1390. The van der Waals surface area contributed by atoms with Crippen LogP contribution < -0.4 is 4.74 Å². The van der Waals surface area contributed by atoms with Gasteiger partial charge in [0.25, 0.3) is 5.91 Å². The van der Waals surface area contributed by atoms with Crippen molar-refractivity contribution in [3.05, 3.63) is 88.9 Å². The number of fused-ring (bicyclic) bond motifs is 1. The van der Waals surface area contributed by atoms with E-state index < -0.39 is 5.91 Å². The van der Waals surface area contributed by atoms with Crippen molar-refractivity contribution in [2.75, 3.05) is 13.1 Å². The summed E-state index contributed by atoms with van der Waals surface area (Å²) in [6, 6.07) is 21.9. The zero-order valence-electron chi connectivity index (χ0n) is 19.8. The first-order chi connectivity index (χ1) is 17.6. The highest BCUT2D eigenvalue weighted by Crippen LogP contribution is 2.39. The molecule has 36 heavy (non-hydrogen) atoms. The van der Waals surface area contributed by atoms with Crippen LogP contribution in [0.4, 0.5) is 5.69 Å². The quantitative estimate of drug-likeness (QED) is 0.277. The van der Waals surface area contributed by atoms with Gasteiger partial charge < -0.3 is 9.84 Å². The number of carbonyl (C=O) groups is 1. The van der Waals surface area contributed by atoms with Gasteiger partial charge in [0.1, 0.15) is 12.4 Å². The molecule has 2 heterocycles. The smallest absolute Gasteiger partial charge is 0.299 e. The lowest BCUT2D eigenvalue weighted by Crippen LogP contribution is -2.31. The largest absolute Gasteiger partial charge is 0.493 e. The summed E-state index contributed by atoms with van der Waals surface area (Å²) in [5.74, 6) is -0.132. The van der Waals surface area contributed by atoms with E-state index in [0.717, 1.165) is 42.4 Å². The second kappa shape index (κ2) is 10.9. The Morgan fingerprint density at radius 2 is 1.67 bits per heavy atom. The van der Waals surface area contributed by atoms with Crippen molar-refractivity contribution in [2.24, 2.45) is 10.2 Å². The molecule has 1 N–H and O–H groups in total. The second-order valence-electron chi connectivity index (χ2n) is 8.85. The highest BCUT2D eigenvalue weighted by Gasteiger charge is 2.20. The number of para-hydroxylation sites is 2. The van der Waals surface area contributed by atoms with Crippen LogP contribution in [0, 0.1) is 0 Å². The first-order valence-electron chi connectivity index (χ1n) is 12.0. The van der Waals surface area contributed by atoms with Gasteiger partial charge >= 0.3 is 0 Å². The maximum absolute atomic E-state index is 13.0. The average Bonchev–Trinajstić information content (AvgIpc) is 3.18. The third-order valence-corrected chi connectivity index (χ3v) is 6.63. The predicted octanol–water partition coefficient (Wildman–Crippen LogP) is 6.95. The van der Waals surface area contributed by atoms with Gasteiger partial charge in [0.05, 0.1) is 17.7 Å². The van der Waals surface area contributed by atoms with Crippen LogP contribution in [0.5, 0.6) is 11.6 Å². The van der Waals surface area contributed by atoms with Gasteiger partial charge in [-0.2, -0.15) is 0 Å². The summed E-state index contributed by atoms with van der Waals surface area (Å²) in [5.41, 5.74) is 2.37. The topological polar surface area (TPSA) is 79.4 Å². The molecule has 3 aromatic carbocycles. The van der Waals surface area contributed by atoms with E-state index in [2.05, 4.69) is 15.1 Å². The molecule has 0 atom stereocenters. The van der Waals surface area contributed by atoms with Crippen LogP contribution in [0.25, 0.3) is 10.9 Å². The first kappa shape index (κ1) is 24.0. The third kappa shape index (κ3) is 5.27. The number of hydrogen-bond acceptors (Lipinski definition) is 5. The van der Waals surface area contributed by atoms with E-state index in [-0.39, 0.29) is 18.2 Å². The Morgan fingerprint density at radius 3 is 2.47 bits per heavy atom. The molecule has 0 spiro atoms. The minimum atomic E-state index is -0.547. The summed E-state index contributed by atoms with van der Waals surface area (Å²) in [6.45, 7) is 2.84. The van der Waals surface area contributed by atoms with Crippen LogP contribution in [-0.4, -0.2) is 33.6 Å². The van der Waals surface area contributed by atoms with Gasteiger partial charge in [0.15, 0.2) is 5.69 Å². The van der Waals surface area contributed by atoms with Gasteiger partial charge in [0.2, 0.25) is 5.88 Å². The van der Waals surface area contributed by atoms with Gasteiger partial charge in [0, 0.05) is 10.4 Å². The number of azo groups is 1. The van der Waals surface area contributed by atoms with Crippen molar-refractivity contribution in [3.63, 3.8) is 0 Å². The number of rotatable bonds is 7. The predicted molar refractivity (Wildman–Crippen MR) is 140 cm³/mol. The summed E-state index contributed by atoms with van der Waals surface area (Å²) in [5, 5.41) is 20.6. The van der Waals surface area contributed by atoms with Crippen LogP contribution in [0.1, 0.15) is 35.2 Å². The number of amides is 1. The lowest BCUT2D eigenvalue weighted by molar-refractivity contribution is 0.0990. The summed E-state index contributed by atoms with van der Waals surface area (Å²) < 4.78 is 7.73. The molecule has 1 aliphatic heterocycles. The molecule has 1 aliphatic rings. The number of likely N-dealkylation sites (tertiary alicyclic amines) is 1. The molecule has 184 valence electrons. The maximum atomic E-state index is 13.0. The number of benzene rings is 3. The zero-order valence-corrected chi connectivity index (χ0v) is 20.6. The fourth-order valence-electron chi connectivity index (χ4n) is 4.47. The molecule has 0 aliphatic carbocycles. The SMILES string of the molecule is O=C(N=Nc1c(O)n(CN2CCCCC2)c2ccccc12)c1ccccc1OCc1ccc(Cl)cc1. The fourth-order valence-corrected chi connectivity index (χ4v) is 4.60. The van der Waals surface area contributed by atoms with Gasteiger partial charge in [-0.3, -0.25) is 14.3 Å². The summed E-state index contributed by atoms with van der Waals surface area (Å²) >= 11 is 5.95. The fraction of sp³-hybridized carbons (Fsp3) is 0.250. The van der Waals surface area contributed by atoms with Gasteiger partial charge in [-0.1, -0.05) is 60.5 Å². The highest BCUT2D eigenvalue weighted by atomic mass is 35.5. The van der Waals surface area contributed by atoms with Gasteiger partial charge in [-0.25, -0.2) is 0 Å². The number of aromatic hydroxyl groups is 1. The van der Waals surface area contributed by atoms with Crippen molar-refractivity contribution in [1.29, 1.82) is 0 Å². The van der Waals surface area contributed by atoms with Crippen LogP contribution in [0.15, 0.2) is 83.0 Å². The van der Waals surface area contributed by atoms with E-state index in [1.807, 2.05) is 41.0 Å². The zero-order chi connectivity index (χ0) is 24.9. The van der Waals surface area contributed by atoms with Crippen LogP contribution in [0.3, 0.4) is 0 Å². The van der Waals surface area contributed by atoms with Crippen molar-refractivity contribution < 1.29 is 14.6 Å². The van der Waals surface area contributed by atoms with Crippen molar-refractivity contribution in [1.82, 2.24) is 9.47 Å². The maximum Gasteiger partial charge on any atom is 0.299 e. The number of aromatic nitrogens is 1. The summed E-state index contributed by atoms with van der Waals surface area (Å²) in [7, 11) is 0. The number of nitrogens with zero attached hydrogens (tertiary/aromatic N) is 4. The molecule has 1 saturated heterocycles. The molecule has 1 aromatic heterocycles. The molecule has 8 heteroatoms. The van der Waals surface area contributed by atoms with Crippen molar-refractivity contribution in [2.45, 2.75) is 32.5 Å². The number of hydrogen-bond donors (Lipinski definition) is 1. The summed E-state index contributed by atoms with van der Waals surface area (Å²) in [6.07, 6.45) is 3.54. The van der Waals surface area contributed by atoms with E-state index in [0.29, 0.717) is 23.0 Å².